The van der Waals surface area contributed by atoms with Crippen LogP contribution in [0.2, 0.25) is 0 Å². The number of pyridine rings is 1. The molecule has 0 spiro atoms. The molecule has 0 radical (unpaired) electrons. The van der Waals surface area contributed by atoms with Crippen molar-refractivity contribution in [3.63, 3.8) is 0 Å². The Labute approximate surface area is 188 Å². The highest BCUT2D eigenvalue weighted by Crippen LogP contribution is 2.39. The predicted molar refractivity (Wildman–Crippen MR) is 128 cm³/mol. The van der Waals surface area contributed by atoms with E-state index < -0.39 is 0 Å². The van der Waals surface area contributed by atoms with E-state index in [0.29, 0.717) is 11.8 Å². The lowest BCUT2D eigenvalue weighted by Crippen LogP contribution is -2.36. The Hall–Kier alpha value is -2.90. The summed E-state index contributed by atoms with van der Waals surface area (Å²) in [5, 5.41) is 5.65. The van der Waals surface area contributed by atoms with Crippen LogP contribution in [0.15, 0.2) is 36.8 Å². The Morgan fingerprint density at radius 3 is 2.75 bits per heavy atom. The fourth-order valence-electron chi connectivity index (χ4n) is 5.17. The number of likely N-dealkylation sites (tertiary alicyclic amines) is 1. The van der Waals surface area contributed by atoms with Gasteiger partial charge in [0.1, 0.15) is 6.33 Å². The first-order chi connectivity index (χ1) is 15.6. The van der Waals surface area contributed by atoms with E-state index in [9.17, 15) is 0 Å². The number of hydrogen-bond donors (Lipinski definition) is 2. The minimum Gasteiger partial charge on any atom is -0.493 e. The van der Waals surface area contributed by atoms with Crippen LogP contribution < -0.4 is 10.5 Å². The van der Waals surface area contributed by atoms with Gasteiger partial charge in [-0.2, -0.15) is 5.10 Å². The monoisotopic (exact) mass is 432 g/mol. The molecule has 0 aliphatic carbocycles. The van der Waals surface area contributed by atoms with Gasteiger partial charge in [-0.3, -0.25) is 0 Å². The van der Waals surface area contributed by atoms with Crippen LogP contribution in [0.25, 0.3) is 27.8 Å². The molecule has 1 saturated heterocycles. The summed E-state index contributed by atoms with van der Waals surface area (Å²) in [6, 6.07) is 9.02. The summed E-state index contributed by atoms with van der Waals surface area (Å²) < 4.78 is 7.38. The summed E-state index contributed by atoms with van der Waals surface area (Å²) in [6.07, 6.45) is 5.97. The van der Waals surface area contributed by atoms with E-state index in [1.807, 2.05) is 6.20 Å². The quantitative estimate of drug-likeness (QED) is 0.478. The Bertz CT molecular complexity index is 1230. The number of nitrogens with one attached hydrogen (secondary N) is 1. The van der Waals surface area contributed by atoms with Gasteiger partial charge >= 0.3 is 0 Å². The first-order valence-corrected chi connectivity index (χ1v) is 11.5. The Kier molecular flexibility index (Phi) is 5.61. The number of aromatic nitrogens is 4. The second kappa shape index (κ2) is 8.56. The molecule has 0 atom stereocenters. The minimum atomic E-state index is 0.373. The van der Waals surface area contributed by atoms with Crippen LogP contribution in [0, 0.1) is 0 Å². The number of nitrogens with zero attached hydrogens (tertiary/aromatic N) is 4. The summed E-state index contributed by atoms with van der Waals surface area (Å²) in [4.78, 5) is 10.5. The molecule has 1 aromatic carbocycles. The van der Waals surface area contributed by atoms with Gasteiger partial charge in [0.15, 0.2) is 11.4 Å². The van der Waals surface area contributed by atoms with Crippen LogP contribution in [0.5, 0.6) is 5.75 Å². The van der Waals surface area contributed by atoms with Crippen LogP contribution in [0.1, 0.15) is 49.7 Å². The van der Waals surface area contributed by atoms with Crippen LogP contribution in [-0.4, -0.2) is 57.8 Å². The highest BCUT2D eigenvalue weighted by molar-refractivity contribution is 5.92. The number of ether oxygens (including phenoxy) is 1. The average Bonchev–Trinajstić information content (AvgIpc) is 3.43. The maximum absolute atomic E-state index is 5.74. The van der Waals surface area contributed by atoms with Crippen LogP contribution in [0.3, 0.4) is 0 Å². The Morgan fingerprint density at radius 1 is 1.22 bits per heavy atom. The SMILES string of the molecule is COc1cc(-c2[nH]c3ccc(C4CCN(CCN)CC4)cc3c2C(C)C)cn2ncnc12. The standard InChI is InChI=1S/C25H32N6O/c1-16(2)23-20-12-18(17-6-9-30(10-7-17)11-8-26)4-5-21(20)29-24(23)19-13-22(32-3)25-27-15-28-31(25)14-19/h4-5,12-17,29H,6-11,26H2,1-3H3. The fraction of sp³-hybridized carbons (Fsp3) is 0.440. The molecule has 5 rings (SSSR count). The van der Waals surface area contributed by atoms with E-state index >= 15 is 0 Å². The van der Waals surface area contributed by atoms with Crippen LogP contribution >= 0.6 is 0 Å². The number of methoxy groups -OCH3 is 1. The number of nitrogens with two attached hydrogens (primary N) is 1. The van der Waals surface area contributed by atoms with Gasteiger partial charge in [-0.05, 0) is 67.1 Å². The molecule has 4 aromatic rings. The lowest BCUT2D eigenvalue weighted by Gasteiger charge is -2.31. The molecule has 1 aliphatic rings. The van der Waals surface area contributed by atoms with Gasteiger partial charge in [0.2, 0.25) is 0 Å². The molecule has 32 heavy (non-hydrogen) atoms. The van der Waals surface area contributed by atoms with Crippen LogP contribution in [-0.2, 0) is 0 Å². The van der Waals surface area contributed by atoms with Crippen molar-refractivity contribution in [1.82, 2.24) is 24.5 Å². The molecule has 0 amide bonds. The van der Waals surface area contributed by atoms with E-state index in [2.05, 4.69) is 58.1 Å². The van der Waals surface area contributed by atoms with Gasteiger partial charge < -0.3 is 20.4 Å². The van der Waals surface area contributed by atoms with Crippen molar-refractivity contribution in [1.29, 1.82) is 0 Å². The summed E-state index contributed by atoms with van der Waals surface area (Å²) in [6.45, 7) is 8.53. The normalized spacial score (nSPS) is 15.9. The zero-order chi connectivity index (χ0) is 22.2. The van der Waals surface area contributed by atoms with Crippen molar-refractivity contribution >= 4 is 16.6 Å². The predicted octanol–water partition coefficient (Wildman–Crippen LogP) is 4.15. The van der Waals surface area contributed by atoms with Gasteiger partial charge in [0.25, 0.3) is 0 Å². The number of aromatic amines is 1. The fourth-order valence-corrected chi connectivity index (χ4v) is 5.17. The van der Waals surface area contributed by atoms with Gasteiger partial charge in [0.05, 0.1) is 12.8 Å². The van der Waals surface area contributed by atoms with Gasteiger partial charge in [-0.25, -0.2) is 9.50 Å². The third-order valence-electron chi connectivity index (χ3n) is 6.79. The summed E-state index contributed by atoms with van der Waals surface area (Å²) >= 11 is 0. The number of benzene rings is 1. The molecule has 0 saturated carbocycles. The maximum Gasteiger partial charge on any atom is 0.197 e. The van der Waals surface area contributed by atoms with E-state index in [-0.39, 0.29) is 0 Å². The zero-order valence-electron chi connectivity index (χ0n) is 19.1. The number of piperidine rings is 1. The zero-order valence-corrected chi connectivity index (χ0v) is 19.1. The summed E-state index contributed by atoms with van der Waals surface area (Å²) in [7, 11) is 1.67. The molecule has 1 fully saturated rings. The largest absolute Gasteiger partial charge is 0.493 e. The number of fused-ring (bicyclic) bond motifs is 2. The molecule has 4 heterocycles. The molecule has 3 N–H and O–H groups in total. The molecule has 0 unspecified atom stereocenters. The second-order valence-electron chi connectivity index (χ2n) is 9.10. The van der Waals surface area contributed by atoms with Crippen molar-refractivity contribution < 1.29 is 4.74 Å². The number of hydrogen-bond acceptors (Lipinski definition) is 5. The lowest BCUT2D eigenvalue weighted by atomic mass is 9.87. The molecule has 7 heteroatoms. The first-order valence-electron chi connectivity index (χ1n) is 11.5. The maximum atomic E-state index is 5.74. The summed E-state index contributed by atoms with van der Waals surface area (Å²) in [5.74, 6) is 1.70. The number of rotatable bonds is 6. The van der Waals surface area contributed by atoms with E-state index in [0.717, 1.165) is 48.8 Å². The van der Waals surface area contributed by atoms with Gasteiger partial charge in [-0.15, -0.1) is 0 Å². The molecule has 0 bridgehead atoms. The van der Waals surface area contributed by atoms with Crippen molar-refractivity contribution in [3.05, 3.63) is 47.9 Å². The Balaban J connectivity index is 1.56. The lowest BCUT2D eigenvalue weighted by molar-refractivity contribution is 0.218. The van der Waals surface area contributed by atoms with Crippen molar-refractivity contribution in [3.8, 4) is 17.0 Å². The Morgan fingerprint density at radius 2 is 2.03 bits per heavy atom. The highest BCUT2D eigenvalue weighted by atomic mass is 16.5. The van der Waals surface area contributed by atoms with E-state index in [4.69, 9.17) is 10.5 Å². The second-order valence-corrected chi connectivity index (χ2v) is 9.10. The van der Waals surface area contributed by atoms with E-state index in [1.54, 1.807) is 18.0 Å². The third-order valence-corrected chi connectivity index (χ3v) is 6.79. The van der Waals surface area contributed by atoms with Crippen molar-refractivity contribution in [2.24, 2.45) is 5.73 Å². The molecule has 1 aliphatic heterocycles. The van der Waals surface area contributed by atoms with E-state index in [1.165, 1.54) is 34.9 Å². The third kappa shape index (κ3) is 3.65. The molecular formula is C25H32N6O. The smallest absolute Gasteiger partial charge is 0.197 e. The summed E-state index contributed by atoms with van der Waals surface area (Å²) in [5.41, 5.74) is 12.6. The molecular weight excluding hydrogens is 400 g/mol. The molecule has 3 aromatic heterocycles. The van der Waals surface area contributed by atoms with Crippen molar-refractivity contribution in [2.45, 2.75) is 38.5 Å². The molecule has 168 valence electrons. The topological polar surface area (TPSA) is 84.5 Å². The van der Waals surface area contributed by atoms with Crippen LogP contribution in [0.4, 0.5) is 0 Å². The average molecular weight is 433 g/mol. The van der Waals surface area contributed by atoms with Gasteiger partial charge in [-0.1, -0.05) is 19.9 Å². The van der Waals surface area contributed by atoms with Crippen molar-refractivity contribution in [2.75, 3.05) is 33.3 Å². The minimum absolute atomic E-state index is 0.373. The first kappa shape index (κ1) is 21.0. The number of H-pyrrole nitrogens is 1. The van der Waals surface area contributed by atoms with Gasteiger partial charge in [0, 0.05) is 35.8 Å². The molecule has 7 nitrogen and oxygen atoms in total. The highest BCUT2D eigenvalue weighted by Gasteiger charge is 2.23.